The minimum absolute atomic E-state index is 0.160. The molecule has 0 aliphatic carbocycles. The van der Waals surface area contributed by atoms with E-state index in [2.05, 4.69) is 20.1 Å². The van der Waals surface area contributed by atoms with Crippen LogP contribution in [0.15, 0.2) is 46.0 Å². The number of hydrogen-bond acceptors (Lipinski definition) is 8. The smallest absolute Gasteiger partial charge is 0.411 e. The molecule has 12 heteroatoms. The predicted octanol–water partition coefficient (Wildman–Crippen LogP) is 3.50. The Morgan fingerprint density at radius 2 is 1.19 bits per heavy atom. The lowest BCUT2D eigenvalue weighted by Crippen LogP contribution is -2.21. The van der Waals surface area contributed by atoms with Crippen molar-refractivity contribution in [2.24, 2.45) is 0 Å². The van der Waals surface area contributed by atoms with Crippen molar-refractivity contribution in [2.75, 3.05) is 24.9 Å². The topological polar surface area (TPSA) is 121 Å². The molecule has 2 N–H and O–H groups in total. The molecular formula is C20H18N4O6S2. The zero-order chi connectivity index (χ0) is 22.8. The SMILES string of the molecule is COC(=O)Nc1ccc2c(c1)sc(=O)n2CCn1c(=O)sc2cc(NC(=O)OC)ccc21. The van der Waals surface area contributed by atoms with E-state index in [1.54, 1.807) is 45.5 Å². The van der Waals surface area contributed by atoms with Gasteiger partial charge in [0.15, 0.2) is 0 Å². The van der Waals surface area contributed by atoms with Crippen LogP contribution in [0.1, 0.15) is 0 Å². The van der Waals surface area contributed by atoms with Crippen LogP contribution in [0.25, 0.3) is 20.4 Å². The molecule has 0 aliphatic heterocycles. The maximum atomic E-state index is 12.5. The van der Waals surface area contributed by atoms with E-state index in [-0.39, 0.29) is 9.75 Å². The first-order valence-electron chi connectivity index (χ1n) is 9.36. The average Bonchev–Trinajstić information content (AvgIpc) is 3.25. The van der Waals surface area contributed by atoms with Gasteiger partial charge in [0.05, 0.1) is 34.7 Å². The number of ether oxygens (including phenoxy) is 2. The summed E-state index contributed by atoms with van der Waals surface area (Å²) in [6.45, 7) is 0.604. The first-order chi connectivity index (χ1) is 15.4. The predicted molar refractivity (Wildman–Crippen MR) is 124 cm³/mol. The summed E-state index contributed by atoms with van der Waals surface area (Å²) < 4.78 is 13.8. The number of aromatic nitrogens is 2. The van der Waals surface area contributed by atoms with E-state index >= 15 is 0 Å². The summed E-state index contributed by atoms with van der Waals surface area (Å²) in [5.74, 6) is 0. The Labute approximate surface area is 188 Å². The third-order valence-electron chi connectivity index (χ3n) is 4.75. The second kappa shape index (κ2) is 8.85. The summed E-state index contributed by atoms with van der Waals surface area (Å²) in [5, 5.41) is 5.14. The van der Waals surface area contributed by atoms with Crippen molar-refractivity contribution in [3.63, 3.8) is 0 Å². The second-order valence-electron chi connectivity index (χ2n) is 6.64. The maximum absolute atomic E-state index is 12.5. The molecule has 2 heterocycles. The van der Waals surface area contributed by atoms with Crippen LogP contribution < -0.4 is 20.4 Å². The molecule has 0 fully saturated rings. The van der Waals surface area contributed by atoms with Crippen LogP contribution in [0.5, 0.6) is 0 Å². The van der Waals surface area contributed by atoms with Gasteiger partial charge >= 0.3 is 21.9 Å². The van der Waals surface area contributed by atoms with Gasteiger partial charge in [0.2, 0.25) is 0 Å². The summed E-state index contributed by atoms with van der Waals surface area (Å²) in [4.78, 5) is 47.6. The number of nitrogens with zero attached hydrogens (tertiary/aromatic N) is 2. The lowest BCUT2D eigenvalue weighted by Gasteiger charge is -2.08. The zero-order valence-corrected chi connectivity index (χ0v) is 18.7. The Morgan fingerprint density at radius 3 is 1.56 bits per heavy atom. The number of rotatable bonds is 5. The van der Waals surface area contributed by atoms with Crippen molar-refractivity contribution in [3.05, 3.63) is 55.7 Å². The Kier molecular flexibility index (Phi) is 5.97. The molecule has 166 valence electrons. The van der Waals surface area contributed by atoms with Gasteiger partial charge < -0.3 is 9.47 Å². The lowest BCUT2D eigenvalue weighted by molar-refractivity contribution is 0.186. The highest BCUT2D eigenvalue weighted by Gasteiger charge is 2.13. The molecule has 0 bridgehead atoms. The minimum atomic E-state index is -0.593. The van der Waals surface area contributed by atoms with E-state index < -0.39 is 12.2 Å². The number of fused-ring (bicyclic) bond motifs is 2. The number of methoxy groups -OCH3 is 2. The molecule has 0 saturated heterocycles. The summed E-state index contributed by atoms with van der Waals surface area (Å²) >= 11 is 2.12. The monoisotopic (exact) mass is 474 g/mol. The number of hydrogen-bond donors (Lipinski definition) is 2. The number of nitrogens with one attached hydrogen (secondary N) is 2. The van der Waals surface area contributed by atoms with E-state index in [1.165, 1.54) is 14.2 Å². The molecule has 10 nitrogen and oxygen atoms in total. The van der Waals surface area contributed by atoms with Crippen molar-refractivity contribution in [2.45, 2.75) is 13.1 Å². The Bertz CT molecular complexity index is 1340. The number of benzene rings is 2. The molecule has 4 aromatic rings. The quantitative estimate of drug-likeness (QED) is 0.457. The highest BCUT2D eigenvalue weighted by molar-refractivity contribution is 7.16. The van der Waals surface area contributed by atoms with E-state index in [1.807, 2.05) is 0 Å². The maximum Gasteiger partial charge on any atom is 0.411 e. The van der Waals surface area contributed by atoms with Crippen LogP contribution in [-0.4, -0.2) is 35.5 Å². The van der Waals surface area contributed by atoms with Gasteiger partial charge in [-0.2, -0.15) is 0 Å². The van der Waals surface area contributed by atoms with Crippen LogP contribution in [-0.2, 0) is 22.6 Å². The fourth-order valence-electron chi connectivity index (χ4n) is 3.25. The minimum Gasteiger partial charge on any atom is -0.453 e. The van der Waals surface area contributed by atoms with E-state index in [9.17, 15) is 19.2 Å². The standard InChI is InChI=1S/C20H18N4O6S2/c1-29-17(25)21-11-3-5-13-15(9-11)31-19(27)23(13)7-8-24-14-6-4-12(22-18(26)30-2)10-16(14)32-20(24)28/h3-6,9-10H,7-8H2,1-2H3,(H,21,25)(H,22,26). The Morgan fingerprint density at radius 1 is 0.781 bits per heavy atom. The van der Waals surface area contributed by atoms with Gasteiger partial charge in [-0.15, -0.1) is 0 Å². The molecule has 4 rings (SSSR count). The Balaban J connectivity index is 1.59. The molecule has 32 heavy (non-hydrogen) atoms. The van der Waals surface area contributed by atoms with Gasteiger partial charge in [0.25, 0.3) is 0 Å². The summed E-state index contributed by atoms with van der Waals surface area (Å²) in [5.41, 5.74) is 2.48. The van der Waals surface area contributed by atoms with E-state index in [4.69, 9.17) is 0 Å². The fraction of sp³-hybridized carbons (Fsp3) is 0.200. The van der Waals surface area contributed by atoms with Crippen molar-refractivity contribution < 1.29 is 19.1 Å². The largest absolute Gasteiger partial charge is 0.453 e. The zero-order valence-electron chi connectivity index (χ0n) is 17.0. The molecule has 2 aromatic heterocycles. The molecule has 2 aromatic carbocycles. The first kappa shape index (κ1) is 21.6. The van der Waals surface area contributed by atoms with Gasteiger partial charge in [0, 0.05) is 24.5 Å². The van der Waals surface area contributed by atoms with Crippen molar-refractivity contribution >= 4 is 66.7 Å². The number of thiazole rings is 2. The molecule has 0 radical (unpaired) electrons. The lowest BCUT2D eigenvalue weighted by atomic mass is 10.3. The first-order valence-corrected chi connectivity index (χ1v) is 11.0. The molecule has 0 atom stereocenters. The van der Waals surface area contributed by atoms with Crippen LogP contribution in [0.2, 0.25) is 0 Å². The molecule has 0 aliphatic rings. The number of carbonyl (C=O) groups is 2. The summed E-state index contributed by atoms with van der Waals surface area (Å²) in [7, 11) is 2.55. The van der Waals surface area contributed by atoms with E-state index in [0.29, 0.717) is 44.9 Å². The number of anilines is 2. The second-order valence-corrected chi connectivity index (χ2v) is 8.62. The van der Waals surface area contributed by atoms with Crippen molar-refractivity contribution in [1.82, 2.24) is 9.13 Å². The van der Waals surface area contributed by atoms with Crippen molar-refractivity contribution in [1.29, 1.82) is 0 Å². The van der Waals surface area contributed by atoms with Gasteiger partial charge in [0.1, 0.15) is 0 Å². The molecule has 0 unspecified atom stereocenters. The number of carbonyl (C=O) groups excluding carboxylic acids is 2. The van der Waals surface area contributed by atoms with Gasteiger partial charge in [-0.1, -0.05) is 22.7 Å². The third kappa shape index (κ3) is 4.22. The van der Waals surface area contributed by atoms with E-state index in [0.717, 1.165) is 22.7 Å². The summed E-state index contributed by atoms with van der Waals surface area (Å²) in [6.07, 6.45) is -1.19. The van der Waals surface area contributed by atoms with Crippen molar-refractivity contribution in [3.8, 4) is 0 Å². The highest BCUT2D eigenvalue weighted by Crippen LogP contribution is 2.24. The average molecular weight is 475 g/mol. The Hall–Kier alpha value is -3.64. The molecule has 0 saturated carbocycles. The number of aryl methyl sites for hydroxylation is 2. The fourth-order valence-corrected chi connectivity index (χ4v) is 5.16. The highest BCUT2D eigenvalue weighted by atomic mass is 32.1. The van der Waals surface area contributed by atoms with Crippen LogP contribution in [0.3, 0.4) is 0 Å². The van der Waals surface area contributed by atoms with Gasteiger partial charge in [-0.05, 0) is 36.4 Å². The summed E-state index contributed by atoms with van der Waals surface area (Å²) in [6, 6.07) is 10.3. The van der Waals surface area contributed by atoms with Gasteiger partial charge in [-0.3, -0.25) is 29.4 Å². The molecular weight excluding hydrogens is 456 g/mol. The molecule has 2 amide bonds. The van der Waals surface area contributed by atoms with Crippen LogP contribution in [0, 0.1) is 0 Å². The third-order valence-corrected chi connectivity index (χ3v) is 6.63. The van der Waals surface area contributed by atoms with Crippen LogP contribution >= 0.6 is 22.7 Å². The van der Waals surface area contributed by atoms with Crippen LogP contribution in [0.4, 0.5) is 21.0 Å². The normalized spacial score (nSPS) is 10.9. The van der Waals surface area contributed by atoms with Gasteiger partial charge in [-0.25, -0.2) is 9.59 Å². The molecule has 0 spiro atoms. The number of amides is 2.